The first kappa shape index (κ1) is 21.0. The van der Waals surface area contributed by atoms with Crippen molar-refractivity contribution < 1.29 is 13.9 Å². The lowest BCUT2D eigenvalue weighted by Crippen LogP contribution is -2.41. The van der Waals surface area contributed by atoms with E-state index in [4.69, 9.17) is 4.74 Å². The summed E-state index contributed by atoms with van der Waals surface area (Å²) in [5, 5.41) is 11.6. The van der Waals surface area contributed by atoms with E-state index < -0.39 is 11.3 Å². The van der Waals surface area contributed by atoms with Crippen LogP contribution in [0.3, 0.4) is 0 Å². The number of hydrogen-bond donors (Lipinski definition) is 2. The van der Waals surface area contributed by atoms with Crippen molar-refractivity contribution in [2.45, 2.75) is 16.4 Å². The Morgan fingerprint density at radius 2 is 1.85 bits per heavy atom. The maximum atomic E-state index is 13.6. The van der Waals surface area contributed by atoms with Crippen LogP contribution in [0.25, 0.3) is 11.4 Å². The van der Waals surface area contributed by atoms with Crippen molar-refractivity contribution in [3.63, 3.8) is 0 Å². The SMILES string of the molecule is COc1cccc(NC(=O)[C@H]2Sc3nnc(-c4ccccc4)n3N[C@@H]2c2ccc(F)cc2)c1. The largest absolute Gasteiger partial charge is 0.497 e. The van der Waals surface area contributed by atoms with Gasteiger partial charge >= 0.3 is 0 Å². The van der Waals surface area contributed by atoms with Crippen LogP contribution in [0, 0.1) is 5.82 Å². The maximum absolute atomic E-state index is 13.6. The Labute approximate surface area is 194 Å². The van der Waals surface area contributed by atoms with Crippen LogP contribution in [0.4, 0.5) is 10.1 Å². The van der Waals surface area contributed by atoms with Gasteiger partial charge in [0.2, 0.25) is 11.1 Å². The topological polar surface area (TPSA) is 81.1 Å². The van der Waals surface area contributed by atoms with Gasteiger partial charge in [-0.05, 0) is 29.8 Å². The highest BCUT2D eigenvalue weighted by Crippen LogP contribution is 2.39. The number of carbonyl (C=O) groups excluding carboxylic acids is 1. The van der Waals surface area contributed by atoms with Gasteiger partial charge in [-0.1, -0.05) is 60.3 Å². The molecule has 0 unspecified atom stereocenters. The quantitative estimate of drug-likeness (QED) is 0.456. The number of nitrogens with zero attached hydrogens (tertiary/aromatic N) is 3. The molecule has 0 fully saturated rings. The van der Waals surface area contributed by atoms with Crippen molar-refractivity contribution in [3.8, 4) is 17.1 Å². The van der Waals surface area contributed by atoms with Crippen LogP contribution in [0.1, 0.15) is 11.6 Å². The second-order valence-corrected chi connectivity index (χ2v) is 8.53. The minimum atomic E-state index is -0.581. The van der Waals surface area contributed by atoms with Crippen LogP contribution in [0.5, 0.6) is 5.75 Å². The molecule has 0 radical (unpaired) electrons. The van der Waals surface area contributed by atoms with Gasteiger partial charge in [0, 0.05) is 17.3 Å². The van der Waals surface area contributed by atoms with Gasteiger partial charge in [0.15, 0.2) is 5.82 Å². The van der Waals surface area contributed by atoms with Gasteiger partial charge in [0.1, 0.15) is 16.8 Å². The third-order valence-electron chi connectivity index (χ3n) is 5.29. The minimum Gasteiger partial charge on any atom is -0.497 e. The number of methoxy groups -OCH3 is 1. The molecule has 1 aliphatic rings. The molecule has 2 N–H and O–H groups in total. The normalized spacial score (nSPS) is 17.0. The molecule has 2 atom stereocenters. The summed E-state index contributed by atoms with van der Waals surface area (Å²) in [7, 11) is 1.57. The standard InChI is InChI=1S/C24H20FN5O2S/c1-32-19-9-5-8-18(14-19)26-23(31)21-20(15-10-12-17(25)13-11-15)29-30-22(27-28-24(30)33-21)16-6-3-2-4-7-16/h2-14,20-21,29H,1H3,(H,26,31)/t20-,21+/m1/s1. The number of hydrogen-bond acceptors (Lipinski definition) is 6. The summed E-state index contributed by atoms with van der Waals surface area (Å²) in [6.45, 7) is 0. The maximum Gasteiger partial charge on any atom is 0.240 e. The number of halogens is 1. The third-order valence-corrected chi connectivity index (χ3v) is 6.51. The average Bonchev–Trinajstić information content (AvgIpc) is 3.27. The van der Waals surface area contributed by atoms with E-state index in [9.17, 15) is 9.18 Å². The van der Waals surface area contributed by atoms with Crippen LogP contribution in [0.2, 0.25) is 0 Å². The monoisotopic (exact) mass is 461 g/mol. The minimum absolute atomic E-state index is 0.217. The number of anilines is 1. The molecule has 1 amide bonds. The number of nitrogens with one attached hydrogen (secondary N) is 2. The fraction of sp³-hybridized carbons (Fsp3) is 0.125. The van der Waals surface area contributed by atoms with E-state index in [-0.39, 0.29) is 11.7 Å². The lowest BCUT2D eigenvalue weighted by atomic mass is 10.0. The van der Waals surface area contributed by atoms with Gasteiger partial charge in [-0.3, -0.25) is 4.79 Å². The molecule has 2 heterocycles. The molecule has 9 heteroatoms. The van der Waals surface area contributed by atoms with Crippen LogP contribution in [-0.2, 0) is 4.79 Å². The van der Waals surface area contributed by atoms with Crippen molar-refractivity contribution in [1.82, 2.24) is 14.9 Å². The second kappa shape index (κ2) is 8.95. The summed E-state index contributed by atoms with van der Waals surface area (Å²) in [4.78, 5) is 13.4. The van der Waals surface area contributed by atoms with E-state index in [1.54, 1.807) is 42.1 Å². The Morgan fingerprint density at radius 1 is 1.06 bits per heavy atom. The molecule has 166 valence electrons. The van der Waals surface area contributed by atoms with Crippen molar-refractivity contribution in [2.75, 3.05) is 17.9 Å². The van der Waals surface area contributed by atoms with Gasteiger partial charge in [-0.15, -0.1) is 10.2 Å². The van der Waals surface area contributed by atoms with Crippen LogP contribution < -0.4 is 15.5 Å². The van der Waals surface area contributed by atoms with Gasteiger partial charge in [0.25, 0.3) is 0 Å². The number of fused-ring (bicyclic) bond motifs is 1. The summed E-state index contributed by atoms with van der Waals surface area (Å²) in [5.74, 6) is 0.724. The zero-order valence-corrected chi connectivity index (χ0v) is 18.4. The number of rotatable bonds is 5. The molecule has 7 nitrogen and oxygen atoms in total. The molecule has 0 aliphatic carbocycles. The van der Waals surface area contributed by atoms with E-state index in [0.29, 0.717) is 22.4 Å². The third kappa shape index (κ3) is 4.27. The molecule has 5 rings (SSSR count). The van der Waals surface area contributed by atoms with Crippen LogP contribution in [0.15, 0.2) is 84.0 Å². The number of aromatic nitrogens is 3. The summed E-state index contributed by atoms with van der Waals surface area (Å²) < 4.78 is 20.6. The number of ether oxygens (including phenoxy) is 1. The van der Waals surface area contributed by atoms with E-state index in [2.05, 4.69) is 20.9 Å². The Hall–Kier alpha value is -3.85. The van der Waals surface area contributed by atoms with Gasteiger partial charge < -0.3 is 15.5 Å². The van der Waals surface area contributed by atoms with Crippen molar-refractivity contribution in [2.24, 2.45) is 0 Å². The van der Waals surface area contributed by atoms with E-state index >= 15 is 0 Å². The highest BCUT2D eigenvalue weighted by Gasteiger charge is 2.38. The number of thioether (sulfide) groups is 1. The Balaban J connectivity index is 1.50. The highest BCUT2D eigenvalue weighted by molar-refractivity contribution is 8.00. The van der Waals surface area contributed by atoms with E-state index in [0.717, 1.165) is 11.1 Å². The summed E-state index contributed by atoms with van der Waals surface area (Å²) in [5.41, 5.74) is 5.66. The predicted molar refractivity (Wildman–Crippen MR) is 125 cm³/mol. The second-order valence-electron chi connectivity index (χ2n) is 7.43. The Morgan fingerprint density at radius 3 is 2.61 bits per heavy atom. The van der Waals surface area contributed by atoms with E-state index in [1.165, 1.54) is 23.9 Å². The van der Waals surface area contributed by atoms with Gasteiger partial charge in [-0.2, -0.15) is 0 Å². The van der Waals surface area contributed by atoms with Crippen molar-refractivity contribution in [3.05, 3.63) is 90.2 Å². The molecule has 0 saturated heterocycles. The average molecular weight is 462 g/mol. The predicted octanol–water partition coefficient (Wildman–Crippen LogP) is 4.49. The molecule has 0 spiro atoms. The summed E-state index contributed by atoms with van der Waals surface area (Å²) in [6, 6.07) is 22.5. The molecular formula is C24H20FN5O2S. The smallest absolute Gasteiger partial charge is 0.240 e. The number of benzene rings is 3. The first-order valence-electron chi connectivity index (χ1n) is 10.3. The van der Waals surface area contributed by atoms with Crippen LogP contribution >= 0.6 is 11.8 Å². The molecule has 4 aromatic rings. The summed E-state index contributed by atoms with van der Waals surface area (Å²) in [6.07, 6.45) is 0. The van der Waals surface area contributed by atoms with Gasteiger partial charge in [-0.25, -0.2) is 9.07 Å². The molecule has 1 aliphatic heterocycles. The fourth-order valence-corrected chi connectivity index (χ4v) is 4.74. The first-order valence-corrected chi connectivity index (χ1v) is 11.1. The number of carbonyl (C=O) groups is 1. The summed E-state index contributed by atoms with van der Waals surface area (Å²) >= 11 is 1.31. The Kier molecular flexibility index (Phi) is 5.70. The molecule has 0 saturated carbocycles. The van der Waals surface area contributed by atoms with Gasteiger partial charge in [0.05, 0.1) is 13.2 Å². The molecule has 0 bridgehead atoms. The van der Waals surface area contributed by atoms with Crippen molar-refractivity contribution >= 4 is 23.4 Å². The lowest BCUT2D eigenvalue weighted by molar-refractivity contribution is -0.116. The molecule has 3 aromatic carbocycles. The zero-order chi connectivity index (χ0) is 22.8. The Bertz CT molecular complexity index is 1280. The van der Waals surface area contributed by atoms with Crippen LogP contribution in [-0.4, -0.2) is 33.1 Å². The molecule has 1 aromatic heterocycles. The number of amides is 1. The lowest BCUT2D eigenvalue weighted by Gasteiger charge is -2.33. The van der Waals surface area contributed by atoms with Crippen molar-refractivity contribution in [1.29, 1.82) is 0 Å². The zero-order valence-electron chi connectivity index (χ0n) is 17.6. The van der Waals surface area contributed by atoms with E-state index in [1.807, 2.05) is 36.4 Å². The fourth-order valence-electron chi connectivity index (χ4n) is 3.66. The molecular weight excluding hydrogens is 441 g/mol. The first-order chi connectivity index (χ1) is 16.1. The molecule has 33 heavy (non-hydrogen) atoms. The highest BCUT2D eigenvalue weighted by atomic mass is 32.2.